The second kappa shape index (κ2) is 7.78. The van der Waals surface area contributed by atoms with Gasteiger partial charge in [0.15, 0.2) is 5.69 Å². The summed E-state index contributed by atoms with van der Waals surface area (Å²) in [5.41, 5.74) is 1.26. The average molecular weight is 342 g/mol. The molecule has 0 saturated carbocycles. The molecule has 0 unspecified atom stereocenters. The van der Waals surface area contributed by atoms with Crippen LogP contribution in [0.2, 0.25) is 0 Å². The molecule has 0 aliphatic carbocycles. The number of hydrogen-bond acceptors (Lipinski definition) is 4. The van der Waals surface area contributed by atoms with Crippen molar-refractivity contribution in [2.75, 3.05) is 19.6 Å². The van der Waals surface area contributed by atoms with E-state index in [4.69, 9.17) is 0 Å². The maximum atomic E-state index is 12.1. The van der Waals surface area contributed by atoms with Crippen molar-refractivity contribution in [1.29, 1.82) is 0 Å². The lowest BCUT2D eigenvalue weighted by molar-refractivity contribution is -0.118. The van der Waals surface area contributed by atoms with Crippen LogP contribution in [0.3, 0.4) is 0 Å². The Morgan fingerprint density at radius 3 is 2.64 bits per heavy atom. The average Bonchev–Trinajstić information content (AvgIpc) is 2.90. The Labute approximate surface area is 148 Å². The van der Waals surface area contributed by atoms with Crippen LogP contribution in [0.15, 0.2) is 34.5 Å². The Kier molecular flexibility index (Phi) is 5.48. The van der Waals surface area contributed by atoms with Gasteiger partial charge in [-0.05, 0) is 45.8 Å². The van der Waals surface area contributed by atoms with Gasteiger partial charge in [-0.3, -0.25) is 4.79 Å². The van der Waals surface area contributed by atoms with E-state index in [1.807, 2.05) is 42.7 Å². The van der Waals surface area contributed by atoms with Gasteiger partial charge in [0.25, 0.3) is 5.91 Å². The summed E-state index contributed by atoms with van der Waals surface area (Å²) in [6.45, 7) is 6.85. The number of fused-ring (bicyclic) bond motifs is 1. The minimum Gasteiger partial charge on any atom is -0.493 e. The van der Waals surface area contributed by atoms with Crippen molar-refractivity contribution in [3.05, 3.63) is 24.3 Å². The monoisotopic (exact) mass is 342 g/mol. The van der Waals surface area contributed by atoms with E-state index in [2.05, 4.69) is 15.1 Å². The fourth-order valence-corrected chi connectivity index (χ4v) is 3.45. The van der Waals surface area contributed by atoms with Crippen LogP contribution < -0.4 is 0 Å². The zero-order valence-corrected chi connectivity index (χ0v) is 15.0. The van der Waals surface area contributed by atoms with Gasteiger partial charge in [0.2, 0.25) is 5.88 Å². The topological polar surface area (TPSA) is 70.2 Å². The van der Waals surface area contributed by atoms with Crippen molar-refractivity contribution in [2.45, 2.75) is 45.6 Å². The summed E-state index contributed by atoms with van der Waals surface area (Å²) in [5.74, 6) is -0.185. The number of para-hydroxylation sites is 1. The smallest absolute Gasteiger partial charge is 0.266 e. The number of nitrogens with zero attached hydrogens (tertiary/aromatic N) is 4. The Balaban J connectivity index is 1.74. The lowest BCUT2D eigenvalue weighted by Crippen LogP contribution is -2.31. The normalized spacial score (nSPS) is 16.3. The molecule has 1 aromatic heterocycles. The van der Waals surface area contributed by atoms with Crippen molar-refractivity contribution in [2.24, 2.45) is 10.2 Å². The minimum absolute atomic E-state index is 0.0591. The van der Waals surface area contributed by atoms with Crippen molar-refractivity contribution in [1.82, 2.24) is 9.47 Å². The molecule has 2 heterocycles. The van der Waals surface area contributed by atoms with Crippen molar-refractivity contribution < 1.29 is 9.90 Å². The van der Waals surface area contributed by atoms with Gasteiger partial charge < -0.3 is 14.6 Å². The largest absolute Gasteiger partial charge is 0.493 e. The molecule has 0 atom stereocenters. The summed E-state index contributed by atoms with van der Waals surface area (Å²) in [4.78, 5) is 14.4. The highest BCUT2D eigenvalue weighted by Gasteiger charge is 2.18. The number of aromatic hydroxyl groups is 1. The molecule has 0 spiro atoms. The first-order valence-corrected chi connectivity index (χ1v) is 9.06. The number of likely N-dealkylation sites (tertiary alicyclic amines) is 1. The quantitative estimate of drug-likeness (QED) is 0.818. The maximum Gasteiger partial charge on any atom is 0.266 e. The number of azo groups is 1. The van der Waals surface area contributed by atoms with Gasteiger partial charge in [-0.2, -0.15) is 0 Å². The molecule has 1 aliphatic heterocycles. The molecule has 0 bridgehead atoms. The predicted octanol–water partition coefficient (Wildman–Crippen LogP) is 4.41. The van der Waals surface area contributed by atoms with Crippen LogP contribution in [-0.4, -0.2) is 40.1 Å². The van der Waals surface area contributed by atoms with Crippen LogP contribution >= 0.6 is 0 Å². The van der Waals surface area contributed by atoms with E-state index >= 15 is 0 Å². The molecule has 1 N–H and O–H groups in total. The summed E-state index contributed by atoms with van der Waals surface area (Å²) >= 11 is 0. The molecule has 134 valence electrons. The summed E-state index contributed by atoms with van der Waals surface area (Å²) in [5, 5.41) is 19.3. The first-order valence-electron chi connectivity index (χ1n) is 9.06. The maximum absolute atomic E-state index is 12.1. The molecular weight excluding hydrogens is 316 g/mol. The van der Waals surface area contributed by atoms with Crippen molar-refractivity contribution >= 4 is 22.5 Å². The lowest BCUT2D eigenvalue weighted by Gasteiger charge is -2.25. The molecule has 6 nitrogen and oxygen atoms in total. The highest BCUT2D eigenvalue weighted by Crippen LogP contribution is 2.40. The number of carbonyl (C=O) groups is 1. The molecular formula is C19H26N4O2. The number of hydrogen-bond donors (Lipinski definition) is 1. The van der Waals surface area contributed by atoms with Gasteiger partial charge in [0.05, 0.1) is 5.52 Å². The van der Waals surface area contributed by atoms with Gasteiger partial charge >= 0.3 is 0 Å². The number of aromatic nitrogens is 1. The number of piperidine rings is 1. The zero-order valence-electron chi connectivity index (χ0n) is 15.0. The molecule has 1 amide bonds. The van der Waals surface area contributed by atoms with Crippen molar-refractivity contribution in [3.8, 4) is 5.88 Å². The van der Waals surface area contributed by atoms with Crippen molar-refractivity contribution in [3.63, 3.8) is 0 Å². The second-order valence-corrected chi connectivity index (χ2v) is 6.90. The summed E-state index contributed by atoms with van der Waals surface area (Å²) < 4.78 is 1.81. The third kappa shape index (κ3) is 3.90. The van der Waals surface area contributed by atoms with E-state index in [9.17, 15) is 9.90 Å². The van der Waals surface area contributed by atoms with E-state index in [0.717, 1.165) is 30.5 Å². The number of carbonyl (C=O) groups excluding carboxylic acids is 1. The Hall–Kier alpha value is -2.21. The zero-order chi connectivity index (χ0) is 17.8. The molecule has 1 aliphatic rings. The van der Waals surface area contributed by atoms with Crippen LogP contribution in [0.5, 0.6) is 5.88 Å². The van der Waals surface area contributed by atoms with Crippen LogP contribution in [-0.2, 0) is 4.79 Å². The minimum atomic E-state index is -0.244. The fraction of sp³-hybridized carbons (Fsp3) is 0.526. The summed E-state index contributed by atoms with van der Waals surface area (Å²) in [6.07, 6.45) is 4.06. The Morgan fingerprint density at radius 1 is 1.20 bits per heavy atom. The van der Waals surface area contributed by atoms with Crippen LogP contribution in [0.4, 0.5) is 5.69 Å². The first kappa shape index (κ1) is 17.6. The summed E-state index contributed by atoms with van der Waals surface area (Å²) in [7, 11) is 0. The molecule has 1 aromatic carbocycles. The van der Waals surface area contributed by atoms with Gasteiger partial charge in [0, 0.05) is 24.4 Å². The van der Waals surface area contributed by atoms with E-state index in [-0.39, 0.29) is 17.8 Å². The predicted molar refractivity (Wildman–Crippen MR) is 98.4 cm³/mol. The van der Waals surface area contributed by atoms with Gasteiger partial charge in [-0.1, -0.05) is 24.6 Å². The SMILES string of the molecule is CC(C)n1c(O)c(N=NC(=O)CCN2CCCCC2)c2ccccc21. The van der Waals surface area contributed by atoms with Gasteiger partial charge in [-0.25, -0.2) is 0 Å². The van der Waals surface area contributed by atoms with Crippen LogP contribution in [0.1, 0.15) is 45.6 Å². The van der Waals surface area contributed by atoms with E-state index in [0.29, 0.717) is 12.1 Å². The molecule has 6 heteroatoms. The highest BCUT2D eigenvalue weighted by molar-refractivity contribution is 5.95. The Bertz CT molecular complexity index is 773. The van der Waals surface area contributed by atoms with E-state index in [1.54, 1.807) is 0 Å². The molecule has 3 rings (SSSR count). The Morgan fingerprint density at radius 2 is 1.92 bits per heavy atom. The van der Waals surface area contributed by atoms with Gasteiger partial charge in [0.1, 0.15) is 0 Å². The van der Waals surface area contributed by atoms with Crippen LogP contribution in [0.25, 0.3) is 10.9 Å². The van der Waals surface area contributed by atoms with Crippen LogP contribution in [0, 0.1) is 0 Å². The fourth-order valence-electron chi connectivity index (χ4n) is 3.45. The molecule has 1 fully saturated rings. The summed E-state index contributed by atoms with van der Waals surface area (Å²) in [6, 6.07) is 7.73. The number of amides is 1. The first-order chi connectivity index (χ1) is 12.1. The number of rotatable bonds is 5. The molecule has 1 saturated heterocycles. The van der Waals surface area contributed by atoms with E-state index < -0.39 is 0 Å². The van der Waals surface area contributed by atoms with E-state index in [1.165, 1.54) is 19.3 Å². The standard InChI is InChI=1S/C19H26N4O2/c1-14(2)23-16-9-5-4-8-15(16)18(19(23)25)21-20-17(24)10-13-22-11-6-3-7-12-22/h4-5,8-9,14,25H,3,6-7,10-13H2,1-2H3. The lowest BCUT2D eigenvalue weighted by atomic mass is 10.1. The molecule has 2 aromatic rings. The third-order valence-corrected chi connectivity index (χ3v) is 4.73. The highest BCUT2D eigenvalue weighted by atomic mass is 16.3. The third-order valence-electron chi connectivity index (χ3n) is 4.73. The second-order valence-electron chi connectivity index (χ2n) is 6.90. The molecule has 25 heavy (non-hydrogen) atoms. The van der Waals surface area contributed by atoms with Gasteiger partial charge in [-0.15, -0.1) is 10.2 Å². The molecule has 0 radical (unpaired) electrons. The number of benzene rings is 1.